The fourth-order valence-corrected chi connectivity index (χ4v) is 5.90. The molecular weight excluding hydrogens is 409 g/mol. The first kappa shape index (κ1) is 22.9. The molecule has 0 saturated carbocycles. The summed E-state index contributed by atoms with van der Waals surface area (Å²) in [4.78, 5) is 2.58. The molecule has 1 atom stereocenters. The molecule has 0 bridgehead atoms. The van der Waals surface area contributed by atoms with Gasteiger partial charge in [-0.1, -0.05) is 83.9 Å². The molecule has 3 heteroatoms. The number of benzene rings is 3. The van der Waals surface area contributed by atoms with E-state index < -0.39 is 0 Å². The van der Waals surface area contributed by atoms with E-state index in [2.05, 4.69) is 99.3 Å². The Morgan fingerprint density at radius 2 is 1.53 bits per heavy atom. The van der Waals surface area contributed by atoms with Crippen LogP contribution in [0.25, 0.3) is 0 Å². The highest BCUT2D eigenvalue weighted by Gasteiger charge is 2.24. The average Bonchev–Trinajstić information content (AvgIpc) is 2.79. The van der Waals surface area contributed by atoms with Crippen LogP contribution < -0.4 is 20.2 Å². The minimum Gasteiger partial charge on any atom is -0.488 e. The summed E-state index contributed by atoms with van der Waals surface area (Å²) in [5.74, 6) is 1.07. The molecule has 3 aromatic rings. The standard InChI is InChI=1S/C29H36NOP/c1-22-19-24(29(2,3)4)28(31-21-23-13-7-5-8-14-23)27(20-22)32-26-16-10-9-15-25(26)30-17-11-6-12-18-30/h5,7-10,13-16,19-20,32H,6,11-12,17-18,21H2,1-4H3. The maximum atomic E-state index is 6.59. The van der Waals surface area contributed by atoms with Gasteiger partial charge >= 0.3 is 0 Å². The van der Waals surface area contributed by atoms with E-state index >= 15 is 0 Å². The largest absolute Gasteiger partial charge is 0.488 e. The Morgan fingerprint density at radius 3 is 2.25 bits per heavy atom. The Balaban J connectivity index is 1.71. The van der Waals surface area contributed by atoms with E-state index in [1.807, 2.05) is 0 Å². The van der Waals surface area contributed by atoms with E-state index in [1.54, 1.807) is 0 Å². The first-order valence-electron chi connectivity index (χ1n) is 11.8. The molecule has 168 valence electrons. The molecule has 0 radical (unpaired) electrons. The van der Waals surface area contributed by atoms with Crippen LogP contribution in [0.15, 0.2) is 66.7 Å². The molecule has 1 aliphatic rings. The van der Waals surface area contributed by atoms with Crippen molar-refractivity contribution in [2.24, 2.45) is 0 Å². The first-order chi connectivity index (χ1) is 15.4. The van der Waals surface area contributed by atoms with Crippen molar-refractivity contribution in [2.45, 2.75) is 59.0 Å². The van der Waals surface area contributed by atoms with Gasteiger partial charge in [-0.15, -0.1) is 0 Å². The second kappa shape index (κ2) is 10.1. The van der Waals surface area contributed by atoms with Crippen LogP contribution in [0.5, 0.6) is 5.75 Å². The van der Waals surface area contributed by atoms with E-state index in [-0.39, 0.29) is 5.41 Å². The molecule has 3 aromatic carbocycles. The molecule has 0 aliphatic carbocycles. The lowest BCUT2D eigenvalue weighted by Gasteiger charge is -2.31. The number of aryl methyl sites for hydroxylation is 1. The average molecular weight is 446 g/mol. The van der Waals surface area contributed by atoms with Crippen molar-refractivity contribution in [3.63, 3.8) is 0 Å². The maximum Gasteiger partial charge on any atom is 0.131 e. The zero-order chi connectivity index (χ0) is 22.6. The van der Waals surface area contributed by atoms with Gasteiger partial charge in [0.25, 0.3) is 0 Å². The Morgan fingerprint density at radius 1 is 0.844 bits per heavy atom. The van der Waals surface area contributed by atoms with E-state index in [4.69, 9.17) is 4.74 Å². The van der Waals surface area contributed by atoms with E-state index in [0.717, 1.165) is 5.75 Å². The summed E-state index contributed by atoms with van der Waals surface area (Å²) >= 11 is 0. The van der Waals surface area contributed by atoms with Crippen molar-refractivity contribution in [1.29, 1.82) is 0 Å². The van der Waals surface area contributed by atoms with Gasteiger partial charge in [0, 0.05) is 34.9 Å². The SMILES string of the molecule is Cc1cc(Pc2ccccc2N2CCCCC2)c(OCc2ccccc2)c(C(C)(C)C)c1. The monoisotopic (exact) mass is 445 g/mol. The summed E-state index contributed by atoms with van der Waals surface area (Å²) < 4.78 is 6.59. The van der Waals surface area contributed by atoms with Gasteiger partial charge in [0.1, 0.15) is 12.4 Å². The number of nitrogens with zero attached hydrogens (tertiary/aromatic N) is 1. The van der Waals surface area contributed by atoms with Gasteiger partial charge in [0.05, 0.1) is 0 Å². The highest BCUT2D eigenvalue weighted by atomic mass is 31.1. The van der Waals surface area contributed by atoms with Crippen molar-refractivity contribution < 1.29 is 4.74 Å². The molecule has 4 rings (SSSR count). The van der Waals surface area contributed by atoms with Crippen LogP contribution in [0.3, 0.4) is 0 Å². The number of para-hydroxylation sites is 1. The predicted octanol–water partition coefficient (Wildman–Crippen LogP) is 6.49. The summed E-state index contributed by atoms with van der Waals surface area (Å²) in [6, 6.07) is 24.1. The summed E-state index contributed by atoms with van der Waals surface area (Å²) in [7, 11) is 0.571. The Hall–Kier alpha value is -2.31. The Kier molecular flexibility index (Phi) is 7.21. The van der Waals surface area contributed by atoms with Gasteiger partial charge < -0.3 is 9.64 Å². The zero-order valence-electron chi connectivity index (χ0n) is 19.9. The lowest BCUT2D eigenvalue weighted by atomic mass is 9.85. The van der Waals surface area contributed by atoms with Crippen molar-refractivity contribution in [3.05, 3.63) is 83.4 Å². The minimum atomic E-state index is 0.0175. The van der Waals surface area contributed by atoms with Gasteiger partial charge in [-0.05, 0) is 54.9 Å². The quantitative estimate of drug-likeness (QED) is 0.402. The second-order valence-corrected chi connectivity index (χ2v) is 11.2. The number of rotatable bonds is 6. The molecule has 0 N–H and O–H groups in total. The third kappa shape index (κ3) is 5.54. The summed E-state index contributed by atoms with van der Waals surface area (Å²) in [5.41, 5.74) is 5.23. The molecule has 0 aromatic heterocycles. The Bertz CT molecular complexity index is 1030. The number of hydrogen-bond acceptors (Lipinski definition) is 2. The molecule has 1 fully saturated rings. The molecule has 1 saturated heterocycles. The molecule has 0 amide bonds. The molecule has 2 nitrogen and oxygen atoms in total. The lowest BCUT2D eigenvalue weighted by molar-refractivity contribution is 0.300. The van der Waals surface area contributed by atoms with Crippen LogP contribution in [-0.4, -0.2) is 13.1 Å². The third-order valence-electron chi connectivity index (χ3n) is 6.14. The zero-order valence-corrected chi connectivity index (χ0v) is 20.9. The van der Waals surface area contributed by atoms with Gasteiger partial charge in [-0.2, -0.15) is 0 Å². The number of piperidine rings is 1. The first-order valence-corrected chi connectivity index (χ1v) is 12.8. The molecule has 1 heterocycles. The normalized spacial score (nSPS) is 14.8. The van der Waals surface area contributed by atoms with Crippen LogP contribution in [0.4, 0.5) is 5.69 Å². The summed E-state index contributed by atoms with van der Waals surface area (Å²) in [6.07, 6.45) is 3.94. The Labute approximate surface area is 195 Å². The fourth-order valence-electron chi connectivity index (χ4n) is 4.44. The lowest BCUT2D eigenvalue weighted by Crippen LogP contribution is -2.32. The minimum absolute atomic E-state index is 0.0175. The van der Waals surface area contributed by atoms with Gasteiger partial charge in [0.15, 0.2) is 0 Å². The smallest absolute Gasteiger partial charge is 0.131 e. The second-order valence-electron chi connectivity index (χ2n) is 9.90. The highest BCUT2D eigenvalue weighted by Crippen LogP contribution is 2.36. The van der Waals surface area contributed by atoms with Gasteiger partial charge in [-0.25, -0.2) is 0 Å². The van der Waals surface area contributed by atoms with Crippen molar-refractivity contribution in [2.75, 3.05) is 18.0 Å². The van der Waals surface area contributed by atoms with Crippen LogP contribution in [0, 0.1) is 6.92 Å². The third-order valence-corrected chi connectivity index (χ3v) is 7.47. The molecular formula is C29H36NOP. The predicted molar refractivity (Wildman–Crippen MR) is 141 cm³/mol. The highest BCUT2D eigenvalue weighted by molar-refractivity contribution is 7.56. The van der Waals surface area contributed by atoms with E-state index in [0.29, 0.717) is 15.2 Å². The van der Waals surface area contributed by atoms with Crippen LogP contribution in [0.2, 0.25) is 0 Å². The topological polar surface area (TPSA) is 12.5 Å². The summed E-state index contributed by atoms with van der Waals surface area (Å²) in [5, 5.41) is 2.74. The molecule has 1 unspecified atom stereocenters. The molecule has 1 aliphatic heterocycles. The van der Waals surface area contributed by atoms with Crippen LogP contribution in [0.1, 0.15) is 56.7 Å². The fraction of sp³-hybridized carbons (Fsp3) is 0.379. The summed E-state index contributed by atoms with van der Waals surface area (Å²) in [6.45, 7) is 12.0. The van der Waals surface area contributed by atoms with Crippen molar-refractivity contribution >= 4 is 24.9 Å². The van der Waals surface area contributed by atoms with Crippen LogP contribution in [-0.2, 0) is 12.0 Å². The molecule has 32 heavy (non-hydrogen) atoms. The number of ether oxygens (including phenoxy) is 1. The van der Waals surface area contributed by atoms with Gasteiger partial charge in [-0.3, -0.25) is 0 Å². The van der Waals surface area contributed by atoms with Crippen molar-refractivity contribution in [1.82, 2.24) is 0 Å². The van der Waals surface area contributed by atoms with Gasteiger partial charge in [0.2, 0.25) is 0 Å². The van der Waals surface area contributed by atoms with E-state index in [9.17, 15) is 0 Å². The molecule has 0 spiro atoms. The van der Waals surface area contributed by atoms with E-state index in [1.165, 1.54) is 65.3 Å². The number of hydrogen-bond donors (Lipinski definition) is 0. The van der Waals surface area contributed by atoms with Crippen LogP contribution >= 0.6 is 8.58 Å². The number of anilines is 1. The van der Waals surface area contributed by atoms with Crippen molar-refractivity contribution in [3.8, 4) is 5.75 Å². The maximum absolute atomic E-state index is 6.59.